The number of benzene rings is 1. The van der Waals surface area contributed by atoms with Gasteiger partial charge in [-0.25, -0.2) is 9.38 Å². The van der Waals surface area contributed by atoms with Gasteiger partial charge in [0, 0.05) is 74.7 Å². The predicted molar refractivity (Wildman–Crippen MR) is 126 cm³/mol. The maximum atomic E-state index is 14.4. The summed E-state index contributed by atoms with van der Waals surface area (Å²) in [5, 5.41) is 25.2. The van der Waals surface area contributed by atoms with E-state index in [4.69, 9.17) is 26.4 Å². The normalized spacial score (nSPS) is 19.5. The Balaban J connectivity index is 1.67. The molecule has 5 N–H and O–H groups in total. The number of nitrogen functional groups attached to an aromatic ring is 1. The van der Waals surface area contributed by atoms with E-state index < -0.39 is 5.82 Å². The number of hydrogen-bond donors (Lipinski definition) is 4. The highest BCUT2D eigenvalue weighted by molar-refractivity contribution is 6.06. The van der Waals surface area contributed by atoms with Crippen LogP contribution in [0, 0.1) is 22.6 Å². The molecular weight excluding hydrogens is 411 g/mol. The van der Waals surface area contributed by atoms with Crippen molar-refractivity contribution < 1.29 is 14.2 Å². The lowest BCUT2D eigenvalue weighted by molar-refractivity contribution is 0.164. The van der Waals surface area contributed by atoms with Gasteiger partial charge in [0.2, 0.25) is 0 Å². The Labute approximate surface area is 189 Å². The molecule has 3 rings (SSSR count). The Kier molecular flexibility index (Phi) is 7.84. The van der Waals surface area contributed by atoms with Crippen molar-refractivity contribution >= 4 is 23.6 Å². The molecule has 2 fully saturated rings. The van der Waals surface area contributed by atoms with Crippen molar-refractivity contribution in [3.63, 3.8) is 0 Å². The second kappa shape index (κ2) is 10.4. The summed E-state index contributed by atoms with van der Waals surface area (Å²) >= 11 is 0. The first-order valence-corrected chi connectivity index (χ1v) is 11.3. The zero-order chi connectivity index (χ0) is 23.3. The van der Waals surface area contributed by atoms with Gasteiger partial charge in [-0.15, -0.1) is 0 Å². The molecule has 0 amide bonds. The zero-order valence-electron chi connectivity index (χ0n) is 19.0. The average Bonchev–Trinajstić information content (AvgIpc) is 3.50. The number of amidine groups is 1. The molecule has 1 saturated carbocycles. The lowest BCUT2D eigenvalue weighted by Gasteiger charge is -2.37. The smallest absolute Gasteiger partial charge is 0.167 e. The number of nitrogens with two attached hydrogens (primary N) is 1. The van der Waals surface area contributed by atoms with Gasteiger partial charge in [0.25, 0.3) is 0 Å². The van der Waals surface area contributed by atoms with Crippen molar-refractivity contribution in [1.29, 1.82) is 10.8 Å². The van der Waals surface area contributed by atoms with Gasteiger partial charge in [0.1, 0.15) is 17.8 Å². The Morgan fingerprint density at radius 1 is 1.34 bits per heavy atom. The van der Waals surface area contributed by atoms with Crippen LogP contribution in [-0.4, -0.2) is 77.7 Å². The van der Waals surface area contributed by atoms with Gasteiger partial charge in [-0.3, -0.25) is 10.3 Å². The molecule has 1 aliphatic heterocycles. The minimum absolute atomic E-state index is 0.138. The maximum Gasteiger partial charge on any atom is 0.167 e. The van der Waals surface area contributed by atoms with Crippen molar-refractivity contribution in [2.75, 3.05) is 45.1 Å². The topological polar surface area (TPSA) is 122 Å². The number of nitrogens with one attached hydrogen (secondary N) is 2. The van der Waals surface area contributed by atoms with Crippen LogP contribution < -0.4 is 10.5 Å². The molecule has 0 spiro atoms. The number of rotatable bonds is 10. The van der Waals surface area contributed by atoms with Gasteiger partial charge in [-0.2, -0.15) is 0 Å². The van der Waals surface area contributed by atoms with Crippen LogP contribution in [0.5, 0.6) is 5.75 Å². The third-order valence-corrected chi connectivity index (χ3v) is 6.27. The molecule has 176 valence electrons. The van der Waals surface area contributed by atoms with Crippen molar-refractivity contribution in [1.82, 2.24) is 9.80 Å². The summed E-state index contributed by atoms with van der Waals surface area (Å²) < 4.78 is 20.2. The molecule has 32 heavy (non-hydrogen) atoms. The number of nitrogens with zero attached hydrogens (tertiary/aromatic N) is 3. The van der Waals surface area contributed by atoms with E-state index in [0.29, 0.717) is 17.7 Å². The molecule has 2 aliphatic rings. The molecule has 1 saturated heterocycles. The number of aliphatic hydroxyl groups is 1. The van der Waals surface area contributed by atoms with E-state index >= 15 is 0 Å². The van der Waals surface area contributed by atoms with Crippen LogP contribution in [0.3, 0.4) is 0 Å². The maximum absolute atomic E-state index is 14.4. The van der Waals surface area contributed by atoms with E-state index in [1.807, 2.05) is 13.8 Å². The minimum atomic E-state index is -0.509. The van der Waals surface area contributed by atoms with Gasteiger partial charge in [0.15, 0.2) is 11.6 Å². The van der Waals surface area contributed by atoms with Crippen molar-refractivity contribution in [2.24, 2.45) is 10.9 Å². The molecule has 1 heterocycles. The van der Waals surface area contributed by atoms with E-state index in [9.17, 15) is 4.39 Å². The summed E-state index contributed by atoms with van der Waals surface area (Å²) in [5.41, 5.74) is 6.72. The fourth-order valence-corrected chi connectivity index (χ4v) is 3.93. The monoisotopic (exact) mass is 446 g/mol. The van der Waals surface area contributed by atoms with Crippen molar-refractivity contribution in [3.05, 3.63) is 23.5 Å². The number of piperazine rings is 1. The average molecular weight is 447 g/mol. The van der Waals surface area contributed by atoms with Crippen LogP contribution in [0.25, 0.3) is 0 Å². The van der Waals surface area contributed by atoms with E-state index in [1.54, 1.807) is 6.07 Å². The van der Waals surface area contributed by atoms with Crippen LogP contribution in [0.1, 0.15) is 45.1 Å². The minimum Gasteiger partial charge on any atom is -0.484 e. The number of hydrogen-bond acceptors (Lipinski definition) is 6. The Morgan fingerprint density at radius 3 is 2.62 bits per heavy atom. The van der Waals surface area contributed by atoms with Crippen LogP contribution in [-0.2, 0) is 0 Å². The summed E-state index contributed by atoms with van der Waals surface area (Å²) in [6.45, 7) is 8.24. The molecule has 1 aromatic carbocycles. The molecule has 0 bridgehead atoms. The van der Waals surface area contributed by atoms with Crippen LogP contribution in [0.15, 0.2) is 17.1 Å². The van der Waals surface area contributed by atoms with Gasteiger partial charge < -0.3 is 25.9 Å². The van der Waals surface area contributed by atoms with Gasteiger partial charge in [-0.05, 0) is 32.3 Å². The highest BCUT2D eigenvalue weighted by Gasteiger charge is 2.40. The summed E-state index contributed by atoms with van der Waals surface area (Å²) in [7, 11) is 0. The number of aliphatic hydroxyl groups excluding tert-OH is 1. The Hall–Kier alpha value is -2.52. The highest BCUT2D eigenvalue weighted by atomic mass is 19.1. The molecule has 1 aromatic rings. The first-order chi connectivity index (χ1) is 15.3. The largest absolute Gasteiger partial charge is 0.484 e. The van der Waals surface area contributed by atoms with Crippen molar-refractivity contribution in [2.45, 2.75) is 45.1 Å². The molecule has 1 unspecified atom stereocenters. The lowest BCUT2D eigenvalue weighted by atomic mass is 9.93. The fraction of sp³-hybridized carbons (Fsp3) is 0.609. The van der Waals surface area contributed by atoms with Gasteiger partial charge in [0.05, 0.1) is 0 Å². The molecule has 8 nitrogen and oxygen atoms in total. The lowest BCUT2D eigenvalue weighted by Crippen LogP contribution is -2.49. The van der Waals surface area contributed by atoms with E-state index in [1.165, 1.54) is 6.07 Å². The first-order valence-electron chi connectivity index (χ1n) is 11.3. The summed E-state index contributed by atoms with van der Waals surface area (Å²) in [4.78, 5) is 8.74. The third kappa shape index (κ3) is 6.04. The molecule has 1 atom stereocenters. The number of halogens is 1. The number of aliphatic imine (C=N–C) groups is 1. The van der Waals surface area contributed by atoms with Gasteiger partial charge >= 0.3 is 0 Å². The second-order valence-electron chi connectivity index (χ2n) is 9.02. The Morgan fingerprint density at radius 2 is 2.03 bits per heavy atom. The zero-order valence-corrected chi connectivity index (χ0v) is 19.0. The SMILES string of the molecule is CC(CC(=NC=N)N1CCN(CCCO)CC1)C(=N)c1cc(OC2(C)CC2)c(F)cc1N. The summed E-state index contributed by atoms with van der Waals surface area (Å²) in [5.74, 6) is 0.170. The van der Waals surface area contributed by atoms with E-state index in [-0.39, 0.29) is 29.6 Å². The Bertz CT molecular complexity index is 862. The van der Waals surface area contributed by atoms with Crippen LogP contribution >= 0.6 is 0 Å². The van der Waals surface area contributed by atoms with Crippen molar-refractivity contribution in [3.8, 4) is 5.75 Å². The molecule has 9 heteroatoms. The first kappa shape index (κ1) is 24.1. The van der Waals surface area contributed by atoms with Crippen LogP contribution in [0.2, 0.25) is 0 Å². The standard InChI is InChI=1S/C23H35FN6O2/c1-16(12-21(28-15-25)30-9-7-29(8-10-30)6-3-11-31)22(27)17-13-20(18(24)14-19(17)26)32-23(2)4-5-23/h13-16,25,27,31H,3-12,26H2,1-2H3. The van der Waals surface area contributed by atoms with Gasteiger partial charge in [-0.1, -0.05) is 6.92 Å². The highest BCUT2D eigenvalue weighted by Crippen LogP contribution is 2.41. The second-order valence-corrected chi connectivity index (χ2v) is 9.02. The fourth-order valence-electron chi connectivity index (χ4n) is 3.93. The third-order valence-electron chi connectivity index (χ3n) is 6.27. The van der Waals surface area contributed by atoms with Crippen LogP contribution in [0.4, 0.5) is 10.1 Å². The summed E-state index contributed by atoms with van der Waals surface area (Å²) in [6, 6.07) is 2.77. The summed E-state index contributed by atoms with van der Waals surface area (Å²) in [6.07, 6.45) is 4.06. The predicted octanol–water partition coefficient (Wildman–Crippen LogP) is 2.74. The van der Waals surface area contributed by atoms with E-state index in [0.717, 1.165) is 64.2 Å². The van der Waals surface area contributed by atoms with E-state index in [2.05, 4.69) is 14.8 Å². The molecule has 0 aromatic heterocycles. The number of ether oxygens (including phenoxy) is 1. The molecule has 0 radical (unpaired) electrons. The molecule has 1 aliphatic carbocycles. The number of anilines is 1. The quantitative estimate of drug-likeness (QED) is 0.250. The molecular formula is C23H35FN6O2.